The summed E-state index contributed by atoms with van der Waals surface area (Å²) in [5.74, 6) is -0.0417. The van der Waals surface area contributed by atoms with Crippen molar-refractivity contribution in [2.75, 3.05) is 5.32 Å². The van der Waals surface area contributed by atoms with E-state index in [4.69, 9.17) is 4.74 Å². The van der Waals surface area contributed by atoms with Crippen molar-refractivity contribution in [2.45, 2.75) is 20.4 Å². The van der Waals surface area contributed by atoms with Crippen molar-refractivity contribution < 1.29 is 14.3 Å². The second-order valence-corrected chi connectivity index (χ2v) is 7.47. The van der Waals surface area contributed by atoms with Gasteiger partial charge in [0.05, 0.1) is 23.6 Å². The van der Waals surface area contributed by atoms with Crippen LogP contribution in [0.4, 0.5) is 5.69 Å². The molecule has 3 heterocycles. The van der Waals surface area contributed by atoms with Crippen molar-refractivity contribution in [2.24, 2.45) is 5.92 Å². The summed E-state index contributed by atoms with van der Waals surface area (Å²) in [6.45, 7) is 4.96. The van der Waals surface area contributed by atoms with Crippen LogP contribution in [0.2, 0.25) is 0 Å². The Balaban J connectivity index is 1.43. The molecule has 156 valence electrons. The number of esters is 1. The maximum absolute atomic E-state index is 12.5. The molecule has 0 unspecified atom stereocenters. The fraction of sp³-hybridized carbons (Fsp3) is 0.174. The average molecular weight is 415 g/mol. The Morgan fingerprint density at radius 1 is 1.06 bits per heavy atom. The first kappa shape index (κ1) is 20.2. The highest BCUT2D eigenvalue weighted by Gasteiger charge is 2.14. The monoisotopic (exact) mass is 415 g/mol. The highest BCUT2D eigenvalue weighted by Crippen LogP contribution is 2.18. The summed E-state index contributed by atoms with van der Waals surface area (Å²) < 4.78 is 7.25. The predicted octanol–water partition coefficient (Wildman–Crippen LogP) is 3.95. The van der Waals surface area contributed by atoms with Gasteiger partial charge in [0.25, 0.3) is 5.91 Å². The number of fused-ring (bicyclic) bond motifs is 1. The molecule has 8 heteroatoms. The predicted molar refractivity (Wildman–Crippen MR) is 116 cm³/mol. The summed E-state index contributed by atoms with van der Waals surface area (Å²) in [6.07, 6.45) is 6.37. The molecule has 8 nitrogen and oxygen atoms in total. The molecule has 0 atom stereocenters. The lowest BCUT2D eigenvalue weighted by Crippen LogP contribution is -2.12. The molecule has 0 aliphatic rings. The van der Waals surface area contributed by atoms with Crippen LogP contribution < -0.4 is 10.1 Å². The molecule has 0 saturated heterocycles. The normalized spacial score (nSPS) is 10.9. The minimum Gasteiger partial charge on any atom is -0.423 e. The molecule has 1 aromatic carbocycles. The average Bonchev–Trinajstić information content (AvgIpc) is 3.16. The number of anilines is 1. The van der Waals surface area contributed by atoms with Gasteiger partial charge in [-0.15, -0.1) is 0 Å². The summed E-state index contributed by atoms with van der Waals surface area (Å²) in [4.78, 5) is 33.2. The zero-order valence-corrected chi connectivity index (χ0v) is 17.1. The van der Waals surface area contributed by atoms with Crippen molar-refractivity contribution in [3.8, 4) is 5.75 Å². The molecular formula is C23H21N5O3. The van der Waals surface area contributed by atoms with Crippen molar-refractivity contribution >= 4 is 28.6 Å². The summed E-state index contributed by atoms with van der Waals surface area (Å²) in [6, 6.07) is 11.5. The first-order valence-electron chi connectivity index (χ1n) is 9.85. The lowest BCUT2D eigenvalue weighted by Gasteiger charge is -2.08. The van der Waals surface area contributed by atoms with Gasteiger partial charge in [-0.2, -0.15) is 5.10 Å². The molecule has 1 N–H and O–H groups in total. The van der Waals surface area contributed by atoms with E-state index >= 15 is 0 Å². The van der Waals surface area contributed by atoms with Crippen LogP contribution in [0.25, 0.3) is 11.0 Å². The van der Waals surface area contributed by atoms with Crippen molar-refractivity contribution in [1.82, 2.24) is 19.7 Å². The Bertz CT molecular complexity index is 1220. The molecule has 0 radical (unpaired) electrons. The van der Waals surface area contributed by atoms with E-state index in [1.807, 2.05) is 4.68 Å². The highest BCUT2D eigenvalue weighted by atomic mass is 16.5. The Kier molecular flexibility index (Phi) is 5.70. The molecule has 0 aliphatic heterocycles. The van der Waals surface area contributed by atoms with E-state index in [9.17, 15) is 9.59 Å². The number of amides is 1. The second kappa shape index (κ2) is 8.74. The van der Waals surface area contributed by atoms with E-state index in [0.717, 1.165) is 17.6 Å². The van der Waals surface area contributed by atoms with Crippen LogP contribution in [0.5, 0.6) is 5.75 Å². The third-order valence-electron chi connectivity index (χ3n) is 4.50. The third kappa shape index (κ3) is 4.75. The van der Waals surface area contributed by atoms with E-state index in [1.165, 1.54) is 6.20 Å². The van der Waals surface area contributed by atoms with Crippen LogP contribution in [-0.2, 0) is 6.54 Å². The number of carbonyl (C=O) groups is 2. The Morgan fingerprint density at radius 2 is 1.87 bits per heavy atom. The van der Waals surface area contributed by atoms with Gasteiger partial charge in [0.1, 0.15) is 5.75 Å². The van der Waals surface area contributed by atoms with Crippen LogP contribution in [0.1, 0.15) is 34.6 Å². The molecule has 4 rings (SSSR count). The highest BCUT2D eigenvalue weighted by molar-refractivity contribution is 6.04. The quantitative estimate of drug-likeness (QED) is 0.378. The van der Waals surface area contributed by atoms with E-state index in [0.29, 0.717) is 28.5 Å². The van der Waals surface area contributed by atoms with Gasteiger partial charge in [0, 0.05) is 29.9 Å². The van der Waals surface area contributed by atoms with Crippen LogP contribution in [0, 0.1) is 5.92 Å². The van der Waals surface area contributed by atoms with Gasteiger partial charge in [-0.25, -0.2) is 14.5 Å². The molecular weight excluding hydrogens is 394 g/mol. The number of hydrogen-bond donors (Lipinski definition) is 1. The fourth-order valence-electron chi connectivity index (χ4n) is 3.04. The fourth-order valence-corrected chi connectivity index (χ4v) is 3.04. The van der Waals surface area contributed by atoms with Crippen LogP contribution in [0.15, 0.2) is 67.3 Å². The van der Waals surface area contributed by atoms with Crippen LogP contribution in [0.3, 0.4) is 0 Å². The molecule has 1 amide bonds. The van der Waals surface area contributed by atoms with Crippen molar-refractivity contribution in [3.05, 3.63) is 78.4 Å². The first-order valence-corrected chi connectivity index (χ1v) is 9.85. The summed E-state index contributed by atoms with van der Waals surface area (Å²) in [5, 5.41) is 7.86. The summed E-state index contributed by atoms with van der Waals surface area (Å²) in [7, 11) is 0. The minimum absolute atomic E-state index is 0.279. The van der Waals surface area contributed by atoms with E-state index in [1.54, 1.807) is 61.1 Å². The molecule has 3 aromatic heterocycles. The number of nitrogens with one attached hydrogen (secondary N) is 1. The van der Waals surface area contributed by atoms with Gasteiger partial charge in [0.2, 0.25) is 0 Å². The zero-order chi connectivity index (χ0) is 21.8. The van der Waals surface area contributed by atoms with E-state index in [2.05, 4.69) is 34.2 Å². The third-order valence-corrected chi connectivity index (χ3v) is 4.50. The van der Waals surface area contributed by atoms with E-state index < -0.39 is 5.97 Å². The van der Waals surface area contributed by atoms with Crippen LogP contribution in [-0.4, -0.2) is 31.6 Å². The van der Waals surface area contributed by atoms with Crippen LogP contribution >= 0.6 is 0 Å². The molecule has 4 aromatic rings. The lowest BCUT2D eigenvalue weighted by molar-refractivity contribution is 0.0734. The van der Waals surface area contributed by atoms with Crippen molar-refractivity contribution in [1.29, 1.82) is 0 Å². The van der Waals surface area contributed by atoms with Gasteiger partial charge in [-0.3, -0.25) is 9.78 Å². The minimum atomic E-state index is -0.529. The Morgan fingerprint density at radius 3 is 2.58 bits per heavy atom. The number of ether oxygens (including phenoxy) is 1. The second-order valence-electron chi connectivity index (χ2n) is 7.47. The SMILES string of the molecule is CC(C)Cn1ncc2cc(C(=O)Oc3ccc(C(=O)Nc4cccnc4)cc3)cnc21. The smallest absolute Gasteiger partial charge is 0.345 e. The molecule has 31 heavy (non-hydrogen) atoms. The number of hydrogen-bond acceptors (Lipinski definition) is 6. The topological polar surface area (TPSA) is 99.0 Å². The number of benzene rings is 1. The first-order chi connectivity index (χ1) is 15.0. The summed E-state index contributed by atoms with van der Waals surface area (Å²) >= 11 is 0. The largest absolute Gasteiger partial charge is 0.423 e. The van der Waals surface area contributed by atoms with Crippen molar-refractivity contribution in [3.63, 3.8) is 0 Å². The lowest BCUT2D eigenvalue weighted by atomic mass is 10.2. The Hall–Kier alpha value is -4.07. The standard InChI is InChI=1S/C23H21N5O3/c1-15(2)14-28-21-17(12-26-28)10-18(11-25-21)23(30)31-20-7-5-16(6-8-20)22(29)27-19-4-3-9-24-13-19/h3-13,15H,14H2,1-2H3,(H,27,29). The molecule has 0 saturated carbocycles. The number of pyridine rings is 2. The maximum Gasteiger partial charge on any atom is 0.345 e. The van der Waals surface area contributed by atoms with E-state index in [-0.39, 0.29) is 5.91 Å². The number of nitrogens with zero attached hydrogens (tertiary/aromatic N) is 4. The summed E-state index contributed by atoms with van der Waals surface area (Å²) in [5.41, 5.74) is 2.09. The Labute approximate surface area is 178 Å². The zero-order valence-electron chi connectivity index (χ0n) is 17.1. The number of rotatable bonds is 6. The number of carbonyl (C=O) groups excluding carboxylic acids is 2. The van der Waals surface area contributed by atoms with Gasteiger partial charge in [0.15, 0.2) is 5.65 Å². The molecule has 0 fully saturated rings. The maximum atomic E-state index is 12.5. The van der Waals surface area contributed by atoms with Gasteiger partial charge in [-0.05, 0) is 48.4 Å². The molecule has 0 spiro atoms. The van der Waals surface area contributed by atoms with Gasteiger partial charge in [-0.1, -0.05) is 13.8 Å². The molecule has 0 bridgehead atoms. The van der Waals surface area contributed by atoms with Gasteiger partial charge < -0.3 is 10.1 Å². The number of aromatic nitrogens is 4. The van der Waals surface area contributed by atoms with Gasteiger partial charge >= 0.3 is 5.97 Å². The molecule has 0 aliphatic carbocycles.